The SMILES string of the molecule is CC(C)=CC1CN(C)CCO1.Cl.N. The summed E-state index contributed by atoms with van der Waals surface area (Å²) in [5.41, 5.74) is 1.34. The molecule has 0 spiro atoms. The van der Waals surface area contributed by atoms with E-state index in [1.54, 1.807) is 0 Å². The van der Waals surface area contributed by atoms with E-state index in [0.29, 0.717) is 6.10 Å². The number of rotatable bonds is 1. The van der Waals surface area contributed by atoms with Gasteiger partial charge in [-0.2, -0.15) is 0 Å². The zero-order valence-electron chi connectivity index (χ0n) is 8.75. The van der Waals surface area contributed by atoms with Gasteiger partial charge >= 0.3 is 0 Å². The zero-order chi connectivity index (χ0) is 8.27. The molecule has 80 valence electrons. The minimum atomic E-state index is 0. The van der Waals surface area contributed by atoms with Gasteiger partial charge in [0, 0.05) is 13.1 Å². The number of allylic oxidation sites excluding steroid dienone is 1. The fourth-order valence-electron chi connectivity index (χ4n) is 1.28. The molecule has 1 saturated heterocycles. The summed E-state index contributed by atoms with van der Waals surface area (Å²) >= 11 is 0. The summed E-state index contributed by atoms with van der Waals surface area (Å²) < 4.78 is 5.54. The van der Waals surface area contributed by atoms with Gasteiger partial charge in [0.15, 0.2) is 0 Å². The smallest absolute Gasteiger partial charge is 0.0885 e. The molecule has 0 saturated carbocycles. The molecule has 0 bridgehead atoms. The molecule has 0 aliphatic carbocycles. The van der Waals surface area contributed by atoms with Crippen LogP contribution in [0.3, 0.4) is 0 Å². The topological polar surface area (TPSA) is 47.5 Å². The largest absolute Gasteiger partial charge is 0.371 e. The Bertz CT molecular complexity index is 158. The Labute approximate surface area is 87.1 Å². The Hall–Kier alpha value is -0.0900. The fourth-order valence-corrected chi connectivity index (χ4v) is 1.28. The second-order valence-electron chi connectivity index (χ2n) is 3.42. The fraction of sp³-hybridized carbons (Fsp3) is 0.778. The maximum Gasteiger partial charge on any atom is 0.0885 e. The summed E-state index contributed by atoms with van der Waals surface area (Å²) in [6.07, 6.45) is 2.51. The first kappa shape index (κ1) is 15.4. The summed E-state index contributed by atoms with van der Waals surface area (Å²) in [7, 11) is 2.13. The van der Waals surface area contributed by atoms with Gasteiger partial charge in [0.25, 0.3) is 0 Å². The number of halogens is 1. The maximum absolute atomic E-state index is 5.54. The molecule has 1 unspecified atom stereocenters. The molecule has 0 aromatic rings. The molecule has 4 heteroatoms. The molecule has 0 aromatic carbocycles. The normalized spacial score (nSPS) is 22.5. The second-order valence-corrected chi connectivity index (χ2v) is 3.42. The summed E-state index contributed by atoms with van der Waals surface area (Å²) in [5, 5.41) is 0. The van der Waals surface area contributed by atoms with Crippen molar-refractivity contribution in [3.8, 4) is 0 Å². The van der Waals surface area contributed by atoms with Gasteiger partial charge in [0.1, 0.15) is 0 Å². The summed E-state index contributed by atoms with van der Waals surface area (Å²) in [4.78, 5) is 2.30. The summed E-state index contributed by atoms with van der Waals surface area (Å²) in [6.45, 7) is 7.18. The molecule has 1 aliphatic rings. The predicted molar refractivity (Wildman–Crippen MR) is 58.9 cm³/mol. The first-order valence-electron chi connectivity index (χ1n) is 4.13. The van der Waals surface area contributed by atoms with E-state index in [0.717, 1.165) is 19.7 Å². The van der Waals surface area contributed by atoms with Gasteiger partial charge in [0.05, 0.1) is 12.7 Å². The van der Waals surface area contributed by atoms with Crippen LogP contribution in [0.2, 0.25) is 0 Å². The Kier molecular flexibility index (Phi) is 8.67. The van der Waals surface area contributed by atoms with Crippen molar-refractivity contribution in [1.29, 1.82) is 0 Å². The predicted octanol–water partition coefficient (Wildman–Crippen LogP) is 1.87. The molecule has 1 atom stereocenters. The van der Waals surface area contributed by atoms with Gasteiger partial charge in [-0.05, 0) is 20.9 Å². The Balaban J connectivity index is 0. The van der Waals surface area contributed by atoms with Gasteiger partial charge in [0.2, 0.25) is 0 Å². The standard InChI is InChI=1S/C9H17NO.ClH.H3N/c1-8(2)6-9-7-10(3)4-5-11-9;;/h6,9H,4-5,7H2,1-3H3;1H;1H3. The van der Waals surface area contributed by atoms with Crippen LogP contribution < -0.4 is 6.15 Å². The first-order chi connectivity index (χ1) is 5.18. The zero-order valence-corrected chi connectivity index (χ0v) is 9.56. The van der Waals surface area contributed by atoms with Gasteiger partial charge in [-0.3, -0.25) is 0 Å². The highest BCUT2D eigenvalue weighted by Gasteiger charge is 2.14. The lowest BCUT2D eigenvalue weighted by atomic mass is 10.2. The minimum absolute atomic E-state index is 0. The Morgan fingerprint density at radius 3 is 2.54 bits per heavy atom. The molecule has 0 radical (unpaired) electrons. The summed E-state index contributed by atoms with van der Waals surface area (Å²) in [6, 6.07) is 0. The molecule has 3 nitrogen and oxygen atoms in total. The van der Waals surface area contributed by atoms with E-state index in [1.165, 1.54) is 5.57 Å². The average Bonchev–Trinajstić information content (AvgIpc) is 1.85. The van der Waals surface area contributed by atoms with E-state index in [-0.39, 0.29) is 18.6 Å². The van der Waals surface area contributed by atoms with E-state index < -0.39 is 0 Å². The van der Waals surface area contributed by atoms with Gasteiger partial charge in [-0.1, -0.05) is 11.6 Å². The van der Waals surface area contributed by atoms with Crippen LogP contribution in [0, 0.1) is 0 Å². The maximum atomic E-state index is 5.54. The molecular weight excluding hydrogens is 188 g/mol. The van der Waals surface area contributed by atoms with Crippen molar-refractivity contribution in [2.45, 2.75) is 20.0 Å². The molecule has 1 aliphatic heterocycles. The van der Waals surface area contributed by atoms with Crippen LogP contribution in [0.1, 0.15) is 13.8 Å². The third-order valence-electron chi connectivity index (χ3n) is 1.82. The van der Waals surface area contributed by atoms with Crippen LogP contribution in [0.5, 0.6) is 0 Å². The van der Waals surface area contributed by atoms with E-state index >= 15 is 0 Å². The van der Waals surface area contributed by atoms with Crippen LogP contribution in [-0.2, 0) is 4.74 Å². The molecule has 1 heterocycles. The van der Waals surface area contributed by atoms with Gasteiger partial charge in [-0.15, -0.1) is 12.4 Å². The lowest BCUT2D eigenvalue weighted by molar-refractivity contribution is 0.00661. The van der Waals surface area contributed by atoms with Crippen molar-refractivity contribution in [2.75, 3.05) is 26.7 Å². The number of morpholine rings is 1. The lowest BCUT2D eigenvalue weighted by Crippen LogP contribution is -2.38. The number of likely N-dealkylation sites (N-methyl/N-ethyl adjacent to an activating group) is 1. The van der Waals surface area contributed by atoms with Crippen molar-refractivity contribution >= 4 is 12.4 Å². The molecule has 0 amide bonds. The minimum Gasteiger partial charge on any atom is -0.371 e. The number of hydrogen-bond donors (Lipinski definition) is 1. The number of hydrogen-bond acceptors (Lipinski definition) is 3. The quantitative estimate of drug-likeness (QED) is 0.670. The van der Waals surface area contributed by atoms with Crippen molar-refractivity contribution in [3.63, 3.8) is 0 Å². The molecule has 13 heavy (non-hydrogen) atoms. The van der Waals surface area contributed by atoms with Crippen LogP contribution >= 0.6 is 12.4 Å². The summed E-state index contributed by atoms with van der Waals surface area (Å²) in [5.74, 6) is 0. The van der Waals surface area contributed by atoms with Gasteiger partial charge in [-0.25, -0.2) is 0 Å². The molecule has 1 rings (SSSR count). The van der Waals surface area contributed by atoms with E-state index in [1.807, 2.05) is 0 Å². The first-order valence-corrected chi connectivity index (χ1v) is 4.13. The Morgan fingerprint density at radius 2 is 2.08 bits per heavy atom. The van der Waals surface area contributed by atoms with E-state index in [2.05, 4.69) is 31.9 Å². The lowest BCUT2D eigenvalue weighted by Gasteiger charge is -2.28. The van der Waals surface area contributed by atoms with Crippen LogP contribution in [0.4, 0.5) is 0 Å². The monoisotopic (exact) mass is 208 g/mol. The second kappa shape index (κ2) is 7.33. The van der Waals surface area contributed by atoms with Gasteiger partial charge < -0.3 is 15.8 Å². The van der Waals surface area contributed by atoms with Crippen molar-refractivity contribution < 1.29 is 4.74 Å². The van der Waals surface area contributed by atoms with Crippen LogP contribution in [0.15, 0.2) is 11.6 Å². The molecule has 1 fully saturated rings. The van der Waals surface area contributed by atoms with E-state index in [9.17, 15) is 0 Å². The van der Waals surface area contributed by atoms with Crippen molar-refractivity contribution in [3.05, 3.63) is 11.6 Å². The highest BCUT2D eigenvalue weighted by atomic mass is 35.5. The third kappa shape index (κ3) is 6.05. The van der Waals surface area contributed by atoms with E-state index in [4.69, 9.17) is 4.74 Å². The Morgan fingerprint density at radius 1 is 1.46 bits per heavy atom. The molecule has 3 N–H and O–H groups in total. The van der Waals surface area contributed by atoms with Crippen molar-refractivity contribution in [2.24, 2.45) is 0 Å². The number of ether oxygens (including phenoxy) is 1. The molecular formula is C9H21ClN2O. The highest BCUT2D eigenvalue weighted by Crippen LogP contribution is 2.06. The molecule has 0 aromatic heterocycles. The van der Waals surface area contributed by atoms with Crippen LogP contribution in [-0.4, -0.2) is 37.7 Å². The van der Waals surface area contributed by atoms with Crippen molar-refractivity contribution in [1.82, 2.24) is 11.1 Å². The third-order valence-corrected chi connectivity index (χ3v) is 1.82. The average molecular weight is 209 g/mol. The number of nitrogens with zero attached hydrogens (tertiary/aromatic N) is 1. The van der Waals surface area contributed by atoms with Crippen LogP contribution in [0.25, 0.3) is 0 Å². The highest BCUT2D eigenvalue weighted by molar-refractivity contribution is 5.85.